The highest BCUT2D eigenvalue weighted by molar-refractivity contribution is 7.92. The first-order valence-electron chi connectivity index (χ1n) is 13.6. The third kappa shape index (κ3) is 5.91. The van der Waals surface area contributed by atoms with Gasteiger partial charge in [-0.25, -0.2) is 17.6 Å². The van der Waals surface area contributed by atoms with Crippen molar-refractivity contribution >= 4 is 33.3 Å². The van der Waals surface area contributed by atoms with E-state index < -0.39 is 67.1 Å². The second kappa shape index (κ2) is 11.7. The van der Waals surface area contributed by atoms with Gasteiger partial charge in [-0.05, 0) is 73.1 Å². The molecule has 0 saturated heterocycles. The zero-order valence-corrected chi connectivity index (χ0v) is 24.2. The lowest BCUT2D eigenvalue weighted by Gasteiger charge is -2.31. The molecule has 4 N–H and O–H groups in total. The van der Waals surface area contributed by atoms with Gasteiger partial charge in [0.15, 0.2) is 0 Å². The van der Waals surface area contributed by atoms with Crippen LogP contribution in [0.4, 0.5) is 23.2 Å². The van der Waals surface area contributed by atoms with Crippen molar-refractivity contribution in [1.29, 1.82) is 0 Å². The van der Waals surface area contributed by atoms with Gasteiger partial charge in [0.1, 0.15) is 22.9 Å². The molecule has 2 amide bonds. The quantitative estimate of drug-likeness (QED) is 0.249. The van der Waals surface area contributed by atoms with E-state index in [9.17, 15) is 46.2 Å². The maximum absolute atomic E-state index is 15.1. The molecule has 2 saturated carbocycles. The summed E-state index contributed by atoms with van der Waals surface area (Å²) in [5.41, 5.74) is -6.39. The average Bonchev–Trinajstić information content (AvgIpc) is 3.59. The molecular weight excluding hydrogens is 624 g/mol. The number of amides is 2. The van der Waals surface area contributed by atoms with Crippen molar-refractivity contribution in [1.82, 2.24) is 5.32 Å². The number of halogens is 4. The largest absolute Gasteiger partial charge is 0.507 e. The number of carboxylic acids is 1. The Morgan fingerprint density at radius 3 is 2.36 bits per heavy atom. The first-order chi connectivity index (χ1) is 21.1. The predicted octanol–water partition coefficient (Wildman–Crippen LogP) is 4.98. The molecule has 3 aromatic rings. The third-order valence-electron chi connectivity index (χ3n) is 8.31. The fourth-order valence-corrected chi connectivity index (χ4v) is 7.01. The zero-order chi connectivity index (χ0) is 32.8. The molecule has 0 heterocycles. The van der Waals surface area contributed by atoms with E-state index in [1.165, 1.54) is 19.2 Å². The summed E-state index contributed by atoms with van der Waals surface area (Å²) in [5, 5.41) is 24.5. The molecule has 10 nitrogen and oxygen atoms in total. The van der Waals surface area contributed by atoms with E-state index in [4.69, 9.17) is 4.74 Å². The molecular formula is C30H26F4N2O8S. The van der Waals surface area contributed by atoms with Crippen LogP contribution in [-0.4, -0.2) is 55.1 Å². The molecule has 45 heavy (non-hydrogen) atoms. The standard InChI is InChI=1S/C30H26F4N2O8S/c1-44-24-13-22(31)19(14-7-8-23(37)20(10-14)29(40)41)12-21(24)27(38)36-26-16-6-5-15(9-16)25(26)28(39)35-17-3-2-4-18(11-17)45(42,43)30(32,33)34/h2-4,7-8,10-13,15-16,25-26,37H,5-6,9H2,1H3,(H,35,39)(H,36,38)(H,40,41)/t15-,16+,25+,26-/m1/s1. The van der Waals surface area contributed by atoms with Gasteiger partial charge in [0.25, 0.3) is 15.7 Å². The van der Waals surface area contributed by atoms with Crippen LogP contribution in [0.15, 0.2) is 59.5 Å². The predicted molar refractivity (Wildman–Crippen MR) is 151 cm³/mol. The van der Waals surface area contributed by atoms with Gasteiger partial charge in [0, 0.05) is 23.4 Å². The van der Waals surface area contributed by atoms with Crippen molar-refractivity contribution in [3.8, 4) is 22.6 Å². The molecule has 15 heteroatoms. The van der Waals surface area contributed by atoms with Crippen molar-refractivity contribution in [2.24, 2.45) is 17.8 Å². The Morgan fingerprint density at radius 2 is 1.69 bits per heavy atom. The van der Waals surface area contributed by atoms with E-state index in [2.05, 4.69) is 10.6 Å². The summed E-state index contributed by atoms with van der Waals surface area (Å²) in [4.78, 5) is 37.5. The molecule has 0 radical (unpaired) electrons. The molecule has 2 aliphatic rings. The Balaban J connectivity index is 1.41. The van der Waals surface area contributed by atoms with Crippen molar-refractivity contribution in [2.75, 3.05) is 12.4 Å². The number of rotatable bonds is 8. The monoisotopic (exact) mass is 650 g/mol. The Bertz CT molecular complexity index is 1810. The first kappa shape index (κ1) is 31.8. The number of phenols is 1. The Labute approximate surface area is 253 Å². The van der Waals surface area contributed by atoms with Crippen molar-refractivity contribution in [3.05, 3.63) is 71.5 Å². The molecule has 5 rings (SSSR count). The summed E-state index contributed by atoms with van der Waals surface area (Å²) in [6.07, 6.45) is 1.94. The molecule has 2 bridgehead atoms. The van der Waals surface area contributed by atoms with Crippen molar-refractivity contribution < 1.29 is 55.3 Å². The Morgan fingerprint density at radius 1 is 0.978 bits per heavy atom. The van der Waals surface area contributed by atoms with Gasteiger partial charge >= 0.3 is 11.5 Å². The van der Waals surface area contributed by atoms with E-state index in [-0.39, 0.29) is 40.0 Å². The highest BCUT2D eigenvalue weighted by Gasteiger charge is 2.52. The number of anilines is 1. The maximum atomic E-state index is 15.1. The van der Waals surface area contributed by atoms with Crippen LogP contribution in [0.5, 0.6) is 11.5 Å². The summed E-state index contributed by atoms with van der Waals surface area (Å²) in [6, 6.07) is 8.60. The smallest absolute Gasteiger partial charge is 0.501 e. The number of alkyl halides is 3. The normalized spacial score (nSPS) is 20.9. The fourth-order valence-electron chi connectivity index (χ4n) is 6.20. The lowest BCUT2D eigenvalue weighted by Crippen LogP contribution is -2.48. The maximum Gasteiger partial charge on any atom is 0.501 e. The molecule has 2 fully saturated rings. The SMILES string of the molecule is COc1cc(F)c(-c2ccc(O)c(C(=O)O)c2)cc1C(=O)N[C@@H]1[C@H]2CC[C@H](C2)[C@@H]1C(=O)Nc1cccc(S(=O)(=O)C(F)(F)F)c1. The van der Waals surface area contributed by atoms with E-state index in [1.807, 2.05) is 0 Å². The van der Waals surface area contributed by atoms with E-state index in [0.717, 1.165) is 36.4 Å². The van der Waals surface area contributed by atoms with Gasteiger partial charge in [-0.1, -0.05) is 12.1 Å². The number of fused-ring (bicyclic) bond motifs is 2. The minimum Gasteiger partial charge on any atom is -0.507 e. The second-order valence-electron chi connectivity index (χ2n) is 10.9. The highest BCUT2D eigenvalue weighted by Crippen LogP contribution is 2.49. The number of aromatic hydroxyl groups is 1. The van der Waals surface area contributed by atoms with Crippen LogP contribution in [-0.2, 0) is 14.6 Å². The van der Waals surface area contributed by atoms with Gasteiger partial charge in [-0.3, -0.25) is 9.59 Å². The average molecular weight is 651 g/mol. The van der Waals surface area contributed by atoms with E-state index in [1.54, 1.807) is 0 Å². The molecule has 0 unspecified atom stereocenters. The van der Waals surface area contributed by atoms with Gasteiger partial charge in [0.2, 0.25) is 5.91 Å². The number of aromatic carboxylic acids is 1. The van der Waals surface area contributed by atoms with Crippen LogP contribution in [0.25, 0.3) is 11.1 Å². The third-order valence-corrected chi connectivity index (χ3v) is 9.79. The minimum absolute atomic E-state index is 0.0614. The summed E-state index contributed by atoms with van der Waals surface area (Å²) < 4.78 is 83.2. The van der Waals surface area contributed by atoms with E-state index in [0.29, 0.717) is 25.3 Å². The topological polar surface area (TPSA) is 159 Å². The van der Waals surface area contributed by atoms with Crippen LogP contribution >= 0.6 is 0 Å². The van der Waals surface area contributed by atoms with Crippen LogP contribution in [0.1, 0.15) is 40.0 Å². The highest BCUT2D eigenvalue weighted by atomic mass is 32.2. The molecule has 0 spiro atoms. The first-order valence-corrected chi connectivity index (χ1v) is 15.1. The van der Waals surface area contributed by atoms with Crippen LogP contribution in [0.2, 0.25) is 0 Å². The number of nitrogens with one attached hydrogen (secondary N) is 2. The number of carbonyl (C=O) groups is 3. The number of ether oxygens (including phenoxy) is 1. The number of carboxylic acid groups (broad SMARTS) is 1. The van der Waals surface area contributed by atoms with Gasteiger partial charge < -0.3 is 25.6 Å². The lowest BCUT2D eigenvalue weighted by atomic mass is 9.83. The number of carbonyl (C=O) groups excluding carboxylic acids is 2. The minimum atomic E-state index is -5.65. The summed E-state index contributed by atoms with van der Waals surface area (Å²) >= 11 is 0. The van der Waals surface area contributed by atoms with Crippen molar-refractivity contribution in [2.45, 2.75) is 35.7 Å². The number of benzene rings is 3. The second-order valence-corrected chi connectivity index (χ2v) is 12.8. The van der Waals surface area contributed by atoms with Gasteiger partial charge in [-0.2, -0.15) is 13.2 Å². The fraction of sp³-hybridized carbons (Fsp3) is 0.300. The van der Waals surface area contributed by atoms with Gasteiger partial charge in [0.05, 0.1) is 23.5 Å². The van der Waals surface area contributed by atoms with Crippen LogP contribution < -0.4 is 15.4 Å². The summed E-state index contributed by atoms with van der Waals surface area (Å²) in [6.45, 7) is 0. The van der Waals surface area contributed by atoms with Crippen molar-refractivity contribution in [3.63, 3.8) is 0 Å². The van der Waals surface area contributed by atoms with Gasteiger partial charge in [-0.15, -0.1) is 0 Å². The lowest BCUT2D eigenvalue weighted by molar-refractivity contribution is -0.122. The molecule has 2 aliphatic carbocycles. The van der Waals surface area contributed by atoms with Crippen LogP contribution in [0, 0.1) is 23.6 Å². The Kier molecular flexibility index (Phi) is 8.25. The molecule has 238 valence electrons. The number of hydrogen-bond donors (Lipinski definition) is 4. The molecule has 3 aromatic carbocycles. The number of hydrogen-bond acceptors (Lipinski definition) is 7. The van der Waals surface area contributed by atoms with Crippen LogP contribution in [0.3, 0.4) is 0 Å². The molecule has 0 aliphatic heterocycles. The Hall–Kier alpha value is -4.66. The zero-order valence-electron chi connectivity index (χ0n) is 23.4. The number of sulfone groups is 1. The summed E-state index contributed by atoms with van der Waals surface area (Å²) in [5.74, 6) is -5.40. The molecule has 0 aromatic heterocycles. The molecule has 4 atom stereocenters. The number of methoxy groups -OCH3 is 1. The van der Waals surface area contributed by atoms with E-state index >= 15 is 4.39 Å². The summed E-state index contributed by atoms with van der Waals surface area (Å²) in [7, 11) is -4.43.